The van der Waals surface area contributed by atoms with Gasteiger partial charge in [-0.25, -0.2) is 0 Å². The van der Waals surface area contributed by atoms with Crippen molar-refractivity contribution < 1.29 is 14.3 Å². The van der Waals surface area contributed by atoms with Gasteiger partial charge in [-0.05, 0) is 37.1 Å². The van der Waals surface area contributed by atoms with E-state index in [9.17, 15) is 9.59 Å². The van der Waals surface area contributed by atoms with E-state index >= 15 is 0 Å². The molecule has 0 bridgehead atoms. The van der Waals surface area contributed by atoms with Crippen LogP contribution in [0.15, 0.2) is 54.6 Å². The van der Waals surface area contributed by atoms with E-state index in [1.165, 1.54) is 6.92 Å². The molecule has 1 atom stereocenters. The van der Waals surface area contributed by atoms with Crippen LogP contribution >= 0.6 is 0 Å². The number of carbonyl (C=O) groups is 2. The predicted octanol–water partition coefficient (Wildman–Crippen LogP) is 3.70. The van der Waals surface area contributed by atoms with Gasteiger partial charge in [0, 0.05) is 19.5 Å². The second kappa shape index (κ2) is 9.76. The summed E-state index contributed by atoms with van der Waals surface area (Å²) in [5, 5.41) is 2.89. The molecule has 0 radical (unpaired) electrons. The van der Waals surface area contributed by atoms with Gasteiger partial charge >= 0.3 is 0 Å². The number of methoxy groups -OCH3 is 1. The molecule has 0 aromatic heterocycles. The van der Waals surface area contributed by atoms with Gasteiger partial charge in [0.05, 0.1) is 19.6 Å². The zero-order valence-corrected chi connectivity index (χ0v) is 16.4. The van der Waals surface area contributed by atoms with Gasteiger partial charge in [-0.2, -0.15) is 0 Å². The zero-order chi connectivity index (χ0) is 19.8. The van der Waals surface area contributed by atoms with E-state index in [2.05, 4.69) is 5.32 Å². The minimum absolute atomic E-state index is 0.00317. The van der Waals surface area contributed by atoms with Gasteiger partial charge < -0.3 is 15.0 Å². The van der Waals surface area contributed by atoms with Crippen LogP contribution in [0, 0.1) is 0 Å². The normalized spacial score (nSPS) is 11.7. The molecule has 0 saturated carbocycles. The Labute approximate surface area is 161 Å². The van der Waals surface area contributed by atoms with Gasteiger partial charge in [0.2, 0.25) is 11.8 Å². The van der Waals surface area contributed by atoms with Crippen LogP contribution in [0.3, 0.4) is 0 Å². The fraction of sp³-hybridized carbons (Fsp3) is 0.364. The maximum atomic E-state index is 13.0. The highest BCUT2D eigenvalue weighted by Crippen LogP contribution is 2.22. The summed E-state index contributed by atoms with van der Waals surface area (Å²) in [4.78, 5) is 26.5. The molecule has 27 heavy (non-hydrogen) atoms. The minimum atomic E-state index is -0.377. The van der Waals surface area contributed by atoms with Crippen molar-refractivity contribution in [3.8, 4) is 5.75 Å². The molecule has 5 heteroatoms. The van der Waals surface area contributed by atoms with E-state index in [0.29, 0.717) is 6.54 Å². The van der Waals surface area contributed by atoms with Crippen LogP contribution in [0.2, 0.25) is 0 Å². The quantitative estimate of drug-likeness (QED) is 0.773. The molecular weight excluding hydrogens is 340 g/mol. The average molecular weight is 368 g/mol. The first-order valence-corrected chi connectivity index (χ1v) is 9.15. The van der Waals surface area contributed by atoms with E-state index in [1.807, 2.05) is 73.3 Å². The first-order chi connectivity index (χ1) is 12.9. The Bertz CT molecular complexity index is 742. The highest BCUT2D eigenvalue weighted by atomic mass is 16.5. The number of amides is 2. The van der Waals surface area contributed by atoms with Crippen molar-refractivity contribution in [1.29, 1.82) is 0 Å². The third-order valence-electron chi connectivity index (χ3n) is 4.41. The van der Waals surface area contributed by atoms with Crippen LogP contribution in [0.4, 0.5) is 0 Å². The molecule has 5 nitrogen and oxygen atoms in total. The summed E-state index contributed by atoms with van der Waals surface area (Å²) in [5.74, 6) is 0.575. The monoisotopic (exact) mass is 368 g/mol. The molecule has 2 rings (SSSR count). The maximum absolute atomic E-state index is 13.0. The second-order valence-corrected chi connectivity index (χ2v) is 6.83. The van der Waals surface area contributed by atoms with Gasteiger partial charge in [0.15, 0.2) is 0 Å². The van der Waals surface area contributed by atoms with Crippen LogP contribution in [0.5, 0.6) is 5.75 Å². The van der Waals surface area contributed by atoms with Crippen LogP contribution in [-0.4, -0.2) is 29.9 Å². The zero-order valence-electron chi connectivity index (χ0n) is 16.4. The third kappa shape index (κ3) is 6.13. The minimum Gasteiger partial charge on any atom is -0.497 e. The average Bonchev–Trinajstić information content (AvgIpc) is 2.65. The Kier molecular flexibility index (Phi) is 7.41. The highest BCUT2D eigenvalue weighted by Gasteiger charge is 2.23. The molecule has 0 heterocycles. The molecule has 0 aliphatic heterocycles. The van der Waals surface area contributed by atoms with Crippen LogP contribution in [0.1, 0.15) is 44.4 Å². The van der Waals surface area contributed by atoms with Crippen LogP contribution in [0.25, 0.3) is 0 Å². The number of nitrogens with zero attached hydrogens (tertiary/aromatic N) is 1. The summed E-state index contributed by atoms with van der Waals surface area (Å²) in [6.45, 7) is 6.02. The topological polar surface area (TPSA) is 58.6 Å². The second-order valence-electron chi connectivity index (χ2n) is 6.83. The molecule has 144 valence electrons. The maximum Gasteiger partial charge on any atom is 0.225 e. The molecule has 2 amide bonds. The van der Waals surface area contributed by atoms with E-state index in [-0.39, 0.29) is 30.3 Å². The number of carbonyl (C=O) groups excluding carboxylic acids is 2. The Morgan fingerprint density at radius 1 is 1.04 bits per heavy atom. The third-order valence-corrected chi connectivity index (χ3v) is 4.41. The van der Waals surface area contributed by atoms with Gasteiger partial charge in [0.1, 0.15) is 5.75 Å². The smallest absolute Gasteiger partial charge is 0.225 e. The largest absolute Gasteiger partial charge is 0.497 e. The van der Waals surface area contributed by atoms with Crippen molar-refractivity contribution in [3.63, 3.8) is 0 Å². The lowest BCUT2D eigenvalue weighted by molar-refractivity contribution is -0.134. The van der Waals surface area contributed by atoms with Crippen molar-refractivity contribution in [2.45, 2.75) is 45.8 Å². The van der Waals surface area contributed by atoms with E-state index in [0.717, 1.165) is 16.9 Å². The van der Waals surface area contributed by atoms with E-state index in [1.54, 1.807) is 7.11 Å². The summed E-state index contributed by atoms with van der Waals surface area (Å²) in [7, 11) is 1.61. The number of nitrogens with one attached hydrogen (secondary N) is 1. The molecule has 1 unspecified atom stereocenters. The van der Waals surface area contributed by atoms with Gasteiger partial charge in [-0.3, -0.25) is 9.59 Å². The standard InChI is InChI=1S/C22H28N2O3/c1-16(2)24(15-18-8-6-5-7-9-18)22(26)14-21(23-17(3)25)19-10-12-20(27-4)13-11-19/h5-13,16,21H,14-15H2,1-4H3,(H,23,25). The summed E-state index contributed by atoms with van der Waals surface area (Å²) >= 11 is 0. The number of rotatable bonds is 8. The van der Waals surface area contributed by atoms with Gasteiger partial charge in [-0.15, -0.1) is 0 Å². The van der Waals surface area contributed by atoms with Crippen molar-refractivity contribution in [2.24, 2.45) is 0 Å². The Morgan fingerprint density at radius 2 is 1.67 bits per heavy atom. The van der Waals surface area contributed by atoms with Crippen LogP contribution < -0.4 is 10.1 Å². The molecule has 0 fully saturated rings. The number of hydrogen-bond donors (Lipinski definition) is 1. The molecule has 0 aliphatic rings. The molecule has 1 N–H and O–H groups in total. The van der Waals surface area contributed by atoms with Gasteiger partial charge in [-0.1, -0.05) is 42.5 Å². The SMILES string of the molecule is COc1ccc(C(CC(=O)N(Cc2ccccc2)C(C)C)NC(C)=O)cc1. The predicted molar refractivity (Wildman–Crippen MR) is 106 cm³/mol. The number of benzene rings is 2. The molecule has 0 saturated heterocycles. The van der Waals surface area contributed by atoms with E-state index in [4.69, 9.17) is 4.74 Å². The summed E-state index contributed by atoms with van der Waals surface area (Å²) < 4.78 is 5.18. The van der Waals surface area contributed by atoms with Crippen molar-refractivity contribution in [3.05, 3.63) is 65.7 Å². The Balaban J connectivity index is 2.17. The summed E-state index contributed by atoms with van der Waals surface area (Å²) in [5.41, 5.74) is 1.96. The number of ether oxygens (including phenoxy) is 1. The Morgan fingerprint density at radius 3 is 2.19 bits per heavy atom. The van der Waals surface area contributed by atoms with Crippen molar-refractivity contribution >= 4 is 11.8 Å². The number of hydrogen-bond acceptors (Lipinski definition) is 3. The first-order valence-electron chi connectivity index (χ1n) is 9.15. The van der Waals surface area contributed by atoms with Crippen LogP contribution in [-0.2, 0) is 16.1 Å². The highest BCUT2D eigenvalue weighted by molar-refractivity contribution is 5.79. The lowest BCUT2D eigenvalue weighted by Crippen LogP contribution is -2.39. The molecule has 0 spiro atoms. The van der Waals surface area contributed by atoms with E-state index < -0.39 is 0 Å². The summed E-state index contributed by atoms with van der Waals surface area (Å²) in [6, 6.07) is 17.0. The van der Waals surface area contributed by atoms with Crippen molar-refractivity contribution in [2.75, 3.05) is 7.11 Å². The van der Waals surface area contributed by atoms with Crippen molar-refractivity contribution in [1.82, 2.24) is 10.2 Å². The summed E-state index contributed by atoms with van der Waals surface area (Å²) in [6.07, 6.45) is 0.205. The molecule has 0 aliphatic carbocycles. The lowest BCUT2D eigenvalue weighted by Gasteiger charge is -2.29. The molecule has 2 aromatic carbocycles. The lowest BCUT2D eigenvalue weighted by atomic mass is 10.0. The molecular formula is C22H28N2O3. The fourth-order valence-corrected chi connectivity index (χ4v) is 2.96. The van der Waals surface area contributed by atoms with Gasteiger partial charge in [0.25, 0.3) is 0 Å². The fourth-order valence-electron chi connectivity index (χ4n) is 2.96. The molecule has 2 aromatic rings. The first kappa shape index (κ1) is 20.5. The Hall–Kier alpha value is -2.82.